The minimum Gasteiger partial charge on any atom is -0.306 e. The third-order valence-corrected chi connectivity index (χ3v) is 2.77. The Bertz CT molecular complexity index is 650. The average Bonchev–Trinajstić information content (AvgIpc) is 2.32. The Morgan fingerprint density at radius 2 is 2.00 bits per heavy atom. The molecule has 2 aromatic rings. The van der Waals surface area contributed by atoms with Gasteiger partial charge in [0.15, 0.2) is 11.6 Å². The van der Waals surface area contributed by atoms with Gasteiger partial charge in [0.05, 0.1) is 0 Å². The number of nitrogens with one attached hydrogen (secondary N) is 1. The van der Waals surface area contributed by atoms with Crippen molar-refractivity contribution in [2.75, 3.05) is 0 Å². The number of benzene rings is 1. The molecule has 0 aliphatic rings. The van der Waals surface area contributed by atoms with Crippen LogP contribution in [0.15, 0.2) is 23.0 Å². The summed E-state index contributed by atoms with van der Waals surface area (Å²) in [6.07, 6.45) is 0.576. The van der Waals surface area contributed by atoms with Crippen LogP contribution in [-0.4, -0.2) is 9.97 Å². The van der Waals surface area contributed by atoms with Crippen molar-refractivity contribution >= 4 is 0 Å². The van der Waals surface area contributed by atoms with Crippen molar-refractivity contribution in [3.63, 3.8) is 0 Å². The molecule has 0 spiro atoms. The summed E-state index contributed by atoms with van der Waals surface area (Å²) in [6, 6.07) is 3.40. The highest BCUT2D eigenvalue weighted by Gasteiger charge is 2.10. The first kappa shape index (κ1) is 12.4. The predicted molar refractivity (Wildman–Crippen MR) is 64.3 cm³/mol. The van der Waals surface area contributed by atoms with Gasteiger partial charge in [-0.05, 0) is 31.5 Å². The van der Waals surface area contributed by atoms with Crippen molar-refractivity contribution in [3.8, 4) is 11.4 Å². The second-order valence-electron chi connectivity index (χ2n) is 3.96. The summed E-state index contributed by atoms with van der Waals surface area (Å²) < 4.78 is 25.9. The molecule has 1 aromatic carbocycles. The van der Waals surface area contributed by atoms with Crippen LogP contribution in [0.2, 0.25) is 0 Å². The molecule has 0 unspecified atom stereocenters. The van der Waals surface area contributed by atoms with E-state index in [1.165, 1.54) is 6.07 Å². The molecule has 1 aromatic heterocycles. The van der Waals surface area contributed by atoms with Gasteiger partial charge in [0.25, 0.3) is 5.56 Å². The molecule has 0 amide bonds. The summed E-state index contributed by atoms with van der Waals surface area (Å²) in [5.74, 6) is -1.65. The molecule has 0 saturated carbocycles. The number of aryl methyl sites for hydroxylation is 1. The topological polar surface area (TPSA) is 45.8 Å². The average molecular weight is 250 g/mol. The van der Waals surface area contributed by atoms with Gasteiger partial charge >= 0.3 is 0 Å². The van der Waals surface area contributed by atoms with Gasteiger partial charge < -0.3 is 4.98 Å². The second-order valence-corrected chi connectivity index (χ2v) is 3.96. The van der Waals surface area contributed by atoms with E-state index in [-0.39, 0.29) is 11.4 Å². The molecule has 1 heterocycles. The molecule has 94 valence electrons. The summed E-state index contributed by atoms with van der Waals surface area (Å²) in [4.78, 5) is 18.5. The fraction of sp³-hybridized carbons (Fsp3) is 0.231. The van der Waals surface area contributed by atoms with Gasteiger partial charge in [-0.2, -0.15) is 0 Å². The maximum Gasteiger partial charge on any atom is 0.254 e. The standard InChI is InChI=1S/C13H12F2N2O/c1-3-9-7(2)16-12(17-13(9)18)8-4-5-10(14)11(15)6-8/h4-6H,3H2,1-2H3,(H,16,17,18). The first-order valence-corrected chi connectivity index (χ1v) is 5.58. The van der Waals surface area contributed by atoms with E-state index in [4.69, 9.17) is 0 Å². The van der Waals surface area contributed by atoms with Crippen molar-refractivity contribution in [3.05, 3.63) is 51.4 Å². The van der Waals surface area contributed by atoms with E-state index in [1.807, 2.05) is 6.92 Å². The van der Waals surface area contributed by atoms with Crippen LogP contribution < -0.4 is 5.56 Å². The number of hydrogen-bond acceptors (Lipinski definition) is 2. The molecule has 0 saturated heterocycles. The summed E-state index contributed by atoms with van der Waals surface area (Å²) in [5.41, 5.74) is 1.30. The number of hydrogen-bond donors (Lipinski definition) is 1. The molecule has 3 nitrogen and oxygen atoms in total. The van der Waals surface area contributed by atoms with Crippen LogP contribution in [0, 0.1) is 18.6 Å². The maximum atomic E-state index is 13.1. The van der Waals surface area contributed by atoms with Gasteiger partial charge in [0, 0.05) is 16.8 Å². The predicted octanol–water partition coefficient (Wildman–Crippen LogP) is 2.59. The van der Waals surface area contributed by atoms with E-state index < -0.39 is 11.6 Å². The molecule has 2 rings (SSSR count). The Hall–Kier alpha value is -2.04. The smallest absolute Gasteiger partial charge is 0.254 e. The van der Waals surface area contributed by atoms with Crippen molar-refractivity contribution in [2.45, 2.75) is 20.3 Å². The Balaban J connectivity index is 2.58. The van der Waals surface area contributed by atoms with Crippen LogP contribution in [0.25, 0.3) is 11.4 Å². The van der Waals surface area contributed by atoms with Crippen LogP contribution in [0.5, 0.6) is 0 Å². The van der Waals surface area contributed by atoms with Crippen molar-refractivity contribution < 1.29 is 8.78 Å². The zero-order chi connectivity index (χ0) is 13.3. The lowest BCUT2D eigenvalue weighted by Gasteiger charge is -2.06. The normalized spacial score (nSPS) is 10.7. The number of nitrogens with zero attached hydrogens (tertiary/aromatic N) is 1. The highest BCUT2D eigenvalue weighted by molar-refractivity contribution is 5.55. The number of rotatable bonds is 2. The molecule has 0 aliphatic carbocycles. The van der Waals surface area contributed by atoms with E-state index >= 15 is 0 Å². The van der Waals surface area contributed by atoms with E-state index in [0.717, 1.165) is 12.1 Å². The van der Waals surface area contributed by atoms with Crippen LogP contribution in [0.3, 0.4) is 0 Å². The van der Waals surface area contributed by atoms with E-state index in [1.54, 1.807) is 6.92 Å². The number of halogens is 2. The first-order chi connectivity index (χ1) is 8.52. The lowest BCUT2D eigenvalue weighted by atomic mass is 10.1. The van der Waals surface area contributed by atoms with Gasteiger partial charge in [0.1, 0.15) is 5.82 Å². The molecular formula is C13H12F2N2O. The van der Waals surface area contributed by atoms with Gasteiger partial charge in [-0.15, -0.1) is 0 Å². The molecule has 18 heavy (non-hydrogen) atoms. The fourth-order valence-electron chi connectivity index (χ4n) is 1.81. The minimum atomic E-state index is -0.965. The van der Waals surface area contributed by atoms with E-state index in [2.05, 4.69) is 9.97 Å². The Morgan fingerprint density at radius 1 is 1.28 bits per heavy atom. The van der Waals surface area contributed by atoms with Crippen molar-refractivity contribution in [2.24, 2.45) is 0 Å². The molecule has 0 fully saturated rings. The summed E-state index contributed by atoms with van der Waals surface area (Å²) in [6.45, 7) is 3.58. The molecule has 5 heteroatoms. The fourth-order valence-corrected chi connectivity index (χ4v) is 1.81. The quantitative estimate of drug-likeness (QED) is 0.890. The van der Waals surface area contributed by atoms with Crippen LogP contribution in [-0.2, 0) is 6.42 Å². The number of H-pyrrole nitrogens is 1. The molecule has 0 radical (unpaired) electrons. The van der Waals surface area contributed by atoms with Gasteiger partial charge in [-0.1, -0.05) is 6.92 Å². The second kappa shape index (κ2) is 4.68. The highest BCUT2D eigenvalue weighted by atomic mass is 19.2. The zero-order valence-corrected chi connectivity index (χ0v) is 10.1. The SMILES string of the molecule is CCc1c(C)nc(-c2ccc(F)c(F)c2)[nH]c1=O. The Kier molecular flexibility index (Phi) is 3.23. The summed E-state index contributed by atoms with van der Waals surface area (Å²) >= 11 is 0. The number of aromatic nitrogens is 2. The molecule has 0 bridgehead atoms. The minimum absolute atomic E-state index is 0.244. The zero-order valence-electron chi connectivity index (χ0n) is 10.1. The van der Waals surface area contributed by atoms with Crippen LogP contribution in [0.1, 0.15) is 18.2 Å². The summed E-state index contributed by atoms with van der Waals surface area (Å²) in [5, 5.41) is 0. The molecular weight excluding hydrogens is 238 g/mol. The van der Waals surface area contributed by atoms with Crippen LogP contribution in [0.4, 0.5) is 8.78 Å². The highest BCUT2D eigenvalue weighted by Crippen LogP contribution is 2.17. The number of aromatic amines is 1. The van der Waals surface area contributed by atoms with E-state index in [0.29, 0.717) is 23.2 Å². The first-order valence-electron chi connectivity index (χ1n) is 5.58. The lowest BCUT2D eigenvalue weighted by molar-refractivity contribution is 0.509. The van der Waals surface area contributed by atoms with E-state index in [9.17, 15) is 13.6 Å². The largest absolute Gasteiger partial charge is 0.306 e. The lowest BCUT2D eigenvalue weighted by Crippen LogP contribution is -2.16. The maximum absolute atomic E-state index is 13.1. The van der Waals surface area contributed by atoms with Crippen molar-refractivity contribution in [1.29, 1.82) is 0 Å². The molecule has 1 N–H and O–H groups in total. The Labute approximate surface area is 103 Å². The van der Waals surface area contributed by atoms with Crippen LogP contribution >= 0.6 is 0 Å². The van der Waals surface area contributed by atoms with Gasteiger partial charge in [-0.3, -0.25) is 4.79 Å². The third-order valence-electron chi connectivity index (χ3n) is 2.77. The Morgan fingerprint density at radius 3 is 2.56 bits per heavy atom. The van der Waals surface area contributed by atoms with Gasteiger partial charge in [0.2, 0.25) is 0 Å². The monoisotopic (exact) mass is 250 g/mol. The third kappa shape index (κ3) is 2.16. The summed E-state index contributed by atoms with van der Waals surface area (Å²) in [7, 11) is 0. The molecule has 0 atom stereocenters. The van der Waals surface area contributed by atoms with Gasteiger partial charge in [-0.25, -0.2) is 13.8 Å². The van der Waals surface area contributed by atoms with Crippen molar-refractivity contribution in [1.82, 2.24) is 9.97 Å². The molecule has 0 aliphatic heterocycles.